The first-order valence-electron chi connectivity index (χ1n) is 9.13. The molecule has 0 atom stereocenters. The molecule has 2 aromatic heterocycles. The number of furan rings is 1. The second-order valence-corrected chi connectivity index (χ2v) is 7.14. The Balaban J connectivity index is 1.66. The van der Waals surface area contributed by atoms with Gasteiger partial charge in [-0.2, -0.15) is 0 Å². The highest BCUT2D eigenvalue weighted by atomic mass is 16.3. The third-order valence-corrected chi connectivity index (χ3v) is 4.78. The van der Waals surface area contributed by atoms with Crippen LogP contribution in [0.5, 0.6) is 0 Å². The molecule has 7 heteroatoms. The lowest BCUT2D eigenvalue weighted by molar-refractivity contribution is 0.0714. The van der Waals surface area contributed by atoms with E-state index in [0.29, 0.717) is 43.8 Å². The zero-order valence-corrected chi connectivity index (χ0v) is 15.6. The van der Waals surface area contributed by atoms with Crippen LogP contribution in [0.2, 0.25) is 0 Å². The number of carbonyl (C=O) groups is 1. The van der Waals surface area contributed by atoms with Gasteiger partial charge in [-0.1, -0.05) is 13.8 Å². The topological polar surface area (TPSA) is 82.4 Å². The lowest BCUT2D eigenvalue weighted by atomic mass is 10.0. The first kappa shape index (κ1) is 18.2. The van der Waals surface area contributed by atoms with Crippen LogP contribution in [0.4, 0.5) is 5.95 Å². The highest BCUT2D eigenvalue weighted by Crippen LogP contribution is 2.15. The molecule has 0 radical (unpaired) electrons. The molecule has 2 aromatic rings. The van der Waals surface area contributed by atoms with E-state index >= 15 is 0 Å². The van der Waals surface area contributed by atoms with E-state index in [0.717, 1.165) is 24.1 Å². The number of aryl methyl sites for hydroxylation is 1. The number of H-pyrrole nitrogens is 1. The summed E-state index contributed by atoms with van der Waals surface area (Å²) >= 11 is 0. The lowest BCUT2D eigenvalue weighted by Crippen LogP contribution is -2.49. The summed E-state index contributed by atoms with van der Waals surface area (Å²) in [5, 5.41) is 0. The summed E-state index contributed by atoms with van der Waals surface area (Å²) < 4.78 is 5.18. The average Bonchev–Trinajstić information content (AvgIpc) is 3.15. The number of aromatic amines is 1. The third-order valence-electron chi connectivity index (χ3n) is 4.78. The standard InChI is InChI=1S/C19H26N4O3/c1-13(2)6-7-15-14(3)20-19(21-17(15)24)23-10-8-22(9-11-23)18(25)16-5-4-12-26-16/h4-5,12-13H,6-11H2,1-3H3,(H,20,21,24). The van der Waals surface area contributed by atoms with Crippen molar-refractivity contribution in [3.05, 3.63) is 45.8 Å². The normalized spacial score (nSPS) is 14.9. The second kappa shape index (κ2) is 7.76. The summed E-state index contributed by atoms with van der Waals surface area (Å²) in [6.07, 6.45) is 3.22. The Morgan fingerprint density at radius 3 is 2.62 bits per heavy atom. The van der Waals surface area contributed by atoms with Crippen LogP contribution in [0.1, 0.15) is 42.1 Å². The first-order chi connectivity index (χ1) is 12.5. The molecule has 0 aromatic carbocycles. The summed E-state index contributed by atoms with van der Waals surface area (Å²) in [6, 6.07) is 3.38. The van der Waals surface area contributed by atoms with Crippen molar-refractivity contribution in [2.45, 2.75) is 33.6 Å². The van der Waals surface area contributed by atoms with Crippen molar-refractivity contribution in [2.75, 3.05) is 31.1 Å². The van der Waals surface area contributed by atoms with Gasteiger partial charge in [0.2, 0.25) is 5.95 Å². The summed E-state index contributed by atoms with van der Waals surface area (Å²) in [7, 11) is 0. The van der Waals surface area contributed by atoms with Crippen molar-refractivity contribution in [3.63, 3.8) is 0 Å². The number of aromatic nitrogens is 2. The summed E-state index contributed by atoms with van der Waals surface area (Å²) in [5.41, 5.74) is 1.51. The van der Waals surface area contributed by atoms with Crippen molar-refractivity contribution in [3.8, 4) is 0 Å². The first-order valence-corrected chi connectivity index (χ1v) is 9.13. The number of hydrogen-bond donors (Lipinski definition) is 1. The number of hydrogen-bond acceptors (Lipinski definition) is 5. The van der Waals surface area contributed by atoms with Gasteiger partial charge >= 0.3 is 0 Å². The molecule has 7 nitrogen and oxygen atoms in total. The molecular weight excluding hydrogens is 332 g/mol. The van der Waals surface area contributed by atoms with Crippen LogP contribution in [0, 0.1) is 12.8 Å². The van der Waals surface area contributed by atoms with Gasteiger partial charge in [0.25, 0.3) is 11.5 Å². The number of anilines is 1. The second-order valence-electron chi connectivity index (χ2n) is 7.14. The Kier molecular flexibility index (Phi) is 5.44. The maximum atomic E-state index is 12.4. The lowest BCUT2D eigenvalue weighted by Gasteiger charge is -2.34. The van der Waals surface area contributed by atoms with Crippen molar-refractivity contribution < 1.29 is 9.21 Å². The number of carbonyl (C=O) groups excluding carboxylic acids is 1. The molecule has 3 heterocycles. The van der Waals surface area contributed by atoms with Crippen molar-refractivity contribution >= 4 is 11.9 Å². The Morgan fingerprint density at radius 2 is 2.04 bits per heavy atom. The number of amides is 1. The molecule has 1 fully saturated rings. The molecule has 0 aliphatic carbocycles. The fourth-order valence-electron chi connectivity index (χ4n) is 3.15. The monoisotopic (exact) mass is 358 g/mol. The molecule has 3 rings (SSSR count). The Labute approximate surface area is 153 Å². The van der Waals surface area contributed by atoms with E-state index in [2.05, 4.69) is 23.8 Å². The molecule has 1 aliphatic rings. The van der Waals surface area contributed by atoms with Crippen LogP contribution in [0.15, 0.2) is 27.6 Å². The van der Waals surface area contributed by atoms with Crippen molar-refractivity contribution in [2.24, 2.45) is 5.92 Å². The molecule has 0 spiro atoms. The quantitative estimate of drug-likeness (QED) is 0.886. The molecule has 140 valence electrons. The van der Waals surface area contributed by atoms with Gasteiger partial charge in [0.1, 0.15) is 0 Å². The molecule has 26 heavy (non-hydrogen) atoms. The third kappa shape index (κ3) is 3.98. The van der Waals surface area contributed by atoms with Crippen molar-refractivity contribution in [1.29, 1.82) is 0 Å². The maximum Gasteiger partial charge on any atom is 0.289 e. The number of nitrogens with zero attached hydrogens (tertiary/aromatic N) is 3. The molecule has 0 unspecified atom stereocenters. The van der Waals surface area contributed by atoms with Crippen LogP contribution >= 0.6 is 0 Å². The number of nitrogens with one attached hydrogen (secondary N) is 1. The van der Waals surface area contributed by atoms with E-state index in [1.54, 1.807) is 17.0 Å². The van der Waals surface area contributed by atoms with E-state index < -0.39 is 0 Å². The fraction of sp³-hybridized carbons (Fsp3) is 0.526. The van der Waals surface area contributed by atoms with Gasteiger partial charge in [0.05, 0.1) is 6.26 Å². The molecular formula is C19H26N4O3. The van der Waals surface area contributed by atoms with Crippen LogP contribution in [0.3, 0.4) is 0 Å². The van der Waals surface area contributed by atoms with Crippen molar-refractivity contribution in [1.82, 2.24) is 14.9 Å². The maximum absolute atomic E-state index is 12.4. The van der Waals surface area contributed by atoms with Gasteiger partial charge in [-0.3, -0.25) is 14.6 Å². The minimum Gasteiger partial charge on any atom is -0.459 e. The zero-order valence-electron chi connectivity index (χ0n) is 15.6. The predicted octanol–water partition coefficient (Wildman–Crippen LogP) is 2.22. The Morgan fingerprint density at radius 1 is 1.31 bits per heavy atom. The van der Waals surface area contributed by atoms with Crippen LogP contribution in [-0.2, 0) is 6.42 Å². The Hall–Kier alpha value is -2.57. The van der Waals surface area contributed by atoms with Gasteiger partial charge in [-0.15, -0.1) is 0 Å². The molecule has 0 bridgehead atoms. The SMILES string of the molecule is Cc1nc(N2CCN(C(=O)c3ccco3)CC2)[nH]c(=O)c1CCC(C)C. The van der Waals surface area contributed by atoms with E-state index in [1.165, 1.54) is 6.26 Å². The van der Waals surface area contributed by atoms with Crippen LogP contribution in [0.25, 0.3) is 0 Å². The van der Waals surface area contributed by atoms with E-state index in [-0.39, 0.29) is 11.5 Å². The molecule has 1 saturated heterocycles. The zero-order chi connectivity index (χ0) is 18.7. The van der Waals surface area contributed by atoms with Crippen LogP contribution in [-0.4, -0.2) is 47.0 Å². The van der Waals surface area contributed by atoms with Gasteiger partial charge in [0, 0.05) is 37.4 Å². The summed E-state index contributed by atoms with van der Waals surface area (Å²) in [6.45, 7) is 8.57. The minimum absolute atomic E-state index is 0.0535. The molecule has 0 saturated carbocycles. The predicted molar refractivity (Wildman–Crippen MR) is 99.6 cm³/mol. The molecule has 1 aliphatic heterocycles. The largest absolute Gasteiger partial charge is 0.459 e. The van der Waals surface area contributed by atoms with Gasteiger partial charge in [0.15, 0.2) is 5.76 Å². The van der Waals surface area contributed by atoms with Crippen LogP contribution < -0.4 is 10.5 Å². The number of rotatable bonds is 5. The average molecular weight is 358 g/mol. The smallest absolute Gasteiger partial charge is 0.289 e. The van der Waals surface area contributed by atoms with Gasteiger partial charge < -0.3 is 14.2 Å². The summed E-state index contributed by atoms with van der Waals surface area (Å²) in [4.78, 5) is 36.1. The Bertz CT molecular complexity index is 803. The minimum atomic E-state index is -0.101. The van der Waals surface area contributed by atoms with E-state index in [9.17, 15) is 9.59 Å². The van der Waals surface area contributed by atoms with Gasteiger partial charge in [-0.05, 0) is 37.8 Å². The highest BCUT2D eigenvalue weighted by molar-refractivity contribution is 5.91. The van der Waals surface area contributed by atoms with E-state index in [4.69, 9.17) is 4.42 Å². The van der Waals surface area contributed by atoms with E-state index in [1.807, 2.05) is 11.8 Å². The molecule has 1 N–H and O–H groups in total. The molecule has 1 amide bonds. The fourth-order valence-corrected chi connectivity index (χ4v) is 3.15. The van der Waals surface area contributed by atoms with Gasteiger partial charge in [-0.25, -0.2) is 4.98 Å². The summed E-state index contributed by atoms with van der Waals surface area (Å²) in [5.74, 6) is 1.39. The highest BCUT2D eigenvalue weighted by Gasteiger charge is 2.25. The number of piperazine rings is 1.